The number of carbonyl (C=O) groups excluding carboxylic acids is 2. The van der Waals surface area contributed by atoms with Gasteiger partial charge in [0.1, 0.15) is 17.2 Å². The molecule has 0 bridgehead atoms. The molecule has 0 radical (unpaired) electrons. The zero-order chi connectivity index (χ0) is 24.4. The van der Waals surface area contributed by atoms with Crippen molar-refractivity contribution in [3.05, 3.63) is 63.5 Å². The molecule has 12 heteroatoms. The molecular formula is C22H17Cl2FN6O3. The predicted octanol–water partition coefficient (Wildman–Crippen LogP) is 5.18. The molecule has 0 spiro atoms. The van der Waals surface area contributed by atoms with Crippen molar-refractivity contribution in [2.45, 2.75) is 6.92 Å². The van der Waals surface area contributed by atoms with Crippen molar-refractivity contribution in [1.29, 1.82) is 0 Å². The number of nitrogens with one attached hydrogen (secondary N) is 2. The van der Waals surface area contributed by atoms with E-state index in [2.05, 4.69) is 25.4 Å². The summed E-state index contributed by atoms with van der Waals surface area (Å²) in [4.78, 5) is 36.1. The van der Waals surface area contributed by atoms with Crippen molar-refractivity contribution in [2.75, 3.05) is 19.0 Å². The SMILES string of the molecule is CCOC(=O)n1cc(C=NC)c(NC(=O)c2cc(Cl)c3nc(-c4c(F)cccc4Cl)[nH]c3c2)n1. The number of anilines is 1. The first kappa shape index (κ1) is 23.4. The molecule has 0 aliphatic rings. The Morgan fingerprint density at radius 2 is 2.09 bits per heavy atom. The van der Waals surface area contributed by atoms with Crippen LogP contribution >= 0.6 is 23.2 Å². The second-order valence-electron chi connectivity index (χ2n) is 6.95. The summed E-state index contributed by atoms with van der Waals surface area (Å²) in [5.41, 5.74) is 1.42. The van der Waals surface area contributed by atoms with Gasteiger partial charge in [0, 0.05) is 25.0 Å². The van der Waals surface area contributed by atoms with E-state index >= 15 is 0 Å². The molecule has 2 aromatic carbocycles. The molecule has 0 unspecified atom stereocenters. The van der Waals surface area contributed by atoms with E-state index in [-0.39, 0.29) is 39.4 Å². The van der Waals surface area contributed by atoms with Gasteiger partial charge in [-0.3, -0.25) is 9.79 Å². The number of imidazole rings is 1. The lowest BCUT2D eigenvalue weighted by molar-refractivity contribution is 0.102. The summed E-state index contributed by atoms with van der Waals surface area (Å²) in [5, 5.41) is 7.05. The number of hydrogen-bond donors (Lipinski definition) is 2. The van der Waals surface area contributed by atoms with Crippen LogP contribution in [0.4, 0.5) is 15.0 Å². The molecule has 0 aliphatic heterocycles. The Kier molecular flexibility index (Phi) is 6.62. The molecule has 2 N–H and O–H groups in total. The average molecular weight is 503 g/mol. The van der Waals surface area contributed by atoms with Gasteiger partial charge >= 0.3 is 6.09 Å². The van der Waals surface area contributed by atoms with E-state index in [4.69, 9.17) is 27.9 Å². The summed E-state index contributed by atoms with van der Waals surface area (Å²) in [5.74, 6) is -0.831. The van der Waals surface area contributed by atoms with E-state index in [1.54, 1.807) is 20.0 Å². The Hall–Kier alpha value is -3.76. The van der Waals surface area contributed by atoms with Gasteiger partial charge < -0.3 is 15.0 Å². The van der Waals surface area contributed by atoms with Crippen molar-refractivity contribution in [1.82, 2.24) is 19.7 Å². The van der Waals surface area contributed by atoms with Gasteiger partial charge in [-0.25, -0.2) is 14.2 Å². The van der Waals surface area contributed by atoms with E-state index in [0.29, 0.717) is 16.6 Å². The molecule has 174 valence electrons. The van der Waals surface area contributed by atoms with E-state index in [0.717, 1.165) is 4.68 Å². The fourth-order valence-electron chi connectivity index (χ4n) is 3.23. The number of amides is 1. The quantitative estimate of drug-likeness (QED) is 0.365. The van der Waals surface area contributed by atoms with Crippen LogP contribution in [0, 0.1) is 5.82 Å². The zero-order valence-corrected chi connectivity index (χ0v) is 19.4. The molecule has 1 amide bonds. The molecule has 0 aliphatic carbocycles. The molecule has 34 heavy (non-hydrogen) atoms. The van der Waals surface area contributed by atoms with Crippen LogP contribution in [0.5, 0.6) is 0 Å². The minimum Gasteiger partial charge on any atom is -0.448 e. The number of rotatable bonds is 5. The van der Waals surface area contributed by atoms with Crippen LogP contribution in [-0.4, -0.2) is 51.6 Å². The Balaban J connectivity index is 1.68. The van der Waals surface area contributed by atoms with Crippen molar-refractivity contribution < 1.29 is 18.7 Å². The number of halogens is 3. The Morgan fingerprint density at radius 1 is 1.29 bits per heavy atom. The number of fused-ring (bicyclic) bond motifs is 1. The average Bonchev–Trinajstić information content (AvgIpc) is 3.39. The number of ether oxygens (including phenoxy) is 1. The molecule has 0 atom stereocenters. The fraction of sp³-hybridized carbons (Fsp3) is 0.136. The normalized spacial score (nSPS) is 11.3. The molecule has 0 fully saturated rings. The van der Waals surface area contributed by atoms with Gasteiger partial charge in [-0.15, -0.1) is 5.10 Å². The molecule has 2 aromatic heterocycles. The maximum absolute atomic E-state index is 14.3. The summed E-state index contributed by atoms with van der Waals surface area (Å²) in [6.45, 7) is 1.83. The van der Waals surface area contributed by atoms with Gasteiger partial charge in [0.05, 0.1) is 33.3 Å². The summed E-state index contributed by atoms with van der Waals surface area (Å²) < 4.78 is 20.2. The van der Waals surface area contributed by atoms with Crippen LogP contribution in [0.25, 0.3) is 22.4 Å². The number of aromatic amines is 1. The highest BCUT2D eigenvalue weighted by Crippen LogP contribution is 2.32. The summed E-state index contributed by atoms with van der Waals surface area (Å²) in [6.07, 6.45) is 2.12. The molecule has 0 saturated carbocycles. The maximum atomic E-state index is 14.3. The smallest absolute Gasteiger partial charge is 0.434 e. The van der Waals surface area contributed by atoms with Crippen LogP contribution in [-0.2, 0) is 4.74 Å². The second-order valence-corrected chi connectivity index (χ2v) is 7.77. The number of hydrogen-bond acceptors (Lipinski definition) is 6. The molecule has 4 aromatic rings. The Labute approximate surface area is 202 Å². The third-order valence-electron chi connectivity index (χ3n) is 4.70. The topological polar surface area (TPSA) is 114 Å². The van der Waals surface area contributed by atoms with Crippen molar-refractivity contribution in [3.63, 3.8) is 0 Å². The second kappa shape index (κ2) is 9.62. The number of aromatic nitrogens is 4. The van der Waals surface area contributed by atoms with Gasteiger partial charge in [-0.05, 0) is 31.2 Å². The standard InChI is InChI=1S/C22H17Cl2FN6O3/c1-3-34-22(33)31-10-12(9-26-2)19(30-31)29-21(32)11-7-14(24)18-16(8-11)27-20(28-18)17-13(23)5-4-6-15(17)25/h4-10H,3H2,1-2H3,(H,27,28)(H,29,30,32). The number of aliphatic imine (C=N–C) groups is 1. The van der Waals surface area contributed by atoms with Crippen molar-refractivity contribution in [2.24, 2.45) is 4.99 Å². The number of carbonyl (C=O) groups is 2. The van der Waals surface area contributed by atoms with E-state index in [1.807, 2.05) is 0 Å². The highest BCUT2D eigenvalue weighted by molar-refractivity contribution is 6.36. The summed E-state index contributed by atoms with van der Waals surface area (Å²) in [7, 11) is 1.54. The Bertz CT molecular complexity index is 1430. The molecule has 0 saturated heterocycles. The number of H-pyrrole nitrogens is 1. The van der Waals surface area contributed by atoms with E-state index in [9.17, 15) is 14.0 Å². The molecule has 9 nitrogen and oxygen atoms in total. The van der Waals surface area contributed by atoms with Gasteiger partial charge in [0.2, 0.25) is 0 Å². The summed E-state index contributed by atoms with van der Waals surface area (Å²) in [6, 6.07) is 7.22. The lowest BCUT2D eigenvalue weighted by Crippen LogP contribution is -2.16. The first-order chi connectivity index (χ1) is 16.3. The van der Waals surface area contributed by atoms with Gasteiger partial charge in [0.25, 0.3) is 5.91 Å². The number of benzene rings is 2. The highest BCUT2D eigenvalue weighted by Gasteiger charge is 2.20. The first-order valence-corrected chi connectivity index (χ1v) is 10.7. The third-order valence-corrected chi connectivity index (χ3v) is 5.30. The first-order valence-electron chi connectivity index (χ1n) is 9.96. The highest BCUT2D eigenvalue weighted by atomic mass is 35.5. The van der Waals surface area contributed by atoms with Crippen LogP contribution in [0.3, 0.4) is 0 Å². The molecule has 2 heterocycles. The number of nitrogens with zero attached hydrogens (tertiary/aromatic N) is 4. The minimum absolute atomic E-state index is 0.0930. The summed E-state index contributed by atoms with van der Waals surface area (Å²) >= 11 is 12.5. The Morgan fingerprint density at radius 3 is 2.79 bits per heavy atom. The van der Waals surface area contributed by atoms with Crippen LogP contribution in [0.1, 0.15) is 22.8 Å². The van der Waals surface area contributed by atoms with Crippen molar-refractivity contribution in [3.8, 4) is 11.4 Å². The third kappa shape index (κ3) is 4.50. The van der Waals surface area contributed by atoms with Crippen LogP contribution in [0.15, 0.2) is 41.5 Å². The van der Waals surface area contributed by atoms with Crippen LogP contribution < -0.4 is 5.32 Å². The fourth-order valence-corrected chi connectivity index (χ4v) is 3.74. The van der Waals surface area contributed by atoms with E-state index < -0.39 is 17.8 Å². The molecular weight excluding hydrogens is 486 g/mol. The van der Waals surface area contributed by atoms with Gasteiger partial charge in [-0.1, -0.05) is 29.3 Å². The zero-order valence-electron chi connectivity index (χ0n) is 17.9. The van der Waals surface area contributed by atoms with Gasteiger partial charge in [-0.2, -0.15) is 4.68 Å². The minimum atomic E-state index is -0.699. The lowest BCUT2D eigenvalue weighted by Gasteiger charge is -2.04. The lowest BCUT2D eigenvalue weighted by atomic mass is 10.2. The molecule has 4 rings (SSSR count). The van der Waals surface area contributed by atoms with Crippen LogP contribution in [0.2, 0.25) is 10.0 Å². The van der Waals surface area contributed by atoms with Gasteiger partial charge in [0.15, 0.2) is 5.82 Å². The monoisotopic (exact) mass is 502 g/mol. The van der Waals surface area contributed by atoms with E-state index in [1.165, 1.54) is 36.7 Å². The maximum Gasteiger partial charge on any atom is 0.434 e. The largest absolute Gasteiger partial charge is 0.448 e. The predicted molar refractivity (Wildman–Crippen MR) is 128 cm³/mol. The van der Waals surface area contributed by atoms with Crippen molar-refractivity contribution >= 4 is 58.3 Å².